The fraction of sp³-hybridized carbons (Fsp3) is 0.333. The van der Waals surface area contributed by atoms with Crippen molar-refractivity contribution in [3.63, 3.8) is 0 Å². The third kappa shape index (κ3) is 4.67. The minimum Gasteiger partial charge on any atom is -0.459 e. The van der Waals surface area contributed by atoms with Gasteiger partial charge < -0.3 is 9.72 Å². The van der Waals surface area contributed by atoms with Crippen LogP contribution in [0.5, 0.6) is 0 Å². The highest BCUT2D eigenvalue weighted by Crippen LogP contribution is 2.36. The number of nitrogens with zero attached hydrogens (tertiary/aromatic N) is 1. The van der Waals surface area contributed by atoms with Crippen molar-refractivity contribution >= 4 is 31.7 Å². The fourth-order valence-electron chi connectivity index (χ4n) is 2.15. The molecule has 1 heterocycles. The van der Waals surface area contributed by atoms with E-state index in [4.69, 9.17) is 4.74 Å². The van der Waals surface area contributed by atoms with E-state index in [-0.39, 0.29) is 0 Å². The number of carbonyl (C=O) groups is 1. The third-order valence-electron chi connectivity index (χ3n) is 3.23. The number of ether oxygens (including phenoxy) is 1. The first-order valence-corrected chi connectivity index (χ1v) is 9.98. The van der Waals surface area contributed by atoms with Crippen molar-refractivity contribution in [2.75, 3.05) is 6.26 Å². The Bertz CT molecular complexity index is 1000. The van der Waals surface area contributed by atoms with Crippen molar-refractivity contribution in [2.45, 2.75) is 31.0 Å². The van der Waals surface area contributed by atoms with Crippen LogP contribution < -0.4 is 0 Å². The molecule has 0 atom stereocenters. The Kier molecular flexibility index (Phi) is 5.71. The van der Waals surface area contributed by atoms with Gasteiger partial charge in [0.2, 0.25) is 0 Å². The molecule has 1 N–H and O–H groups in total. The topological polar surface area (TPSA) is 89.1 Å². The first-order chi connectivity index (χ1) is 12.2. The zero-order valence-electron chi connectivity index (χ0n) is 14.1. The minimum absolute atomic E-state index is 0.510. The van der Waals surface area contributed by atoms with Gasteiger partial charge in [0.1, 0.15) is 16.2 Å². The maximum absolute atomic E-state index is 14.4. The van der Waals surface area contributed by atoms with E-state index in [0.29, 0.717) is 6.07 Å². The van der Waals surface area contributed by atoms with Gasteiger partial charge in [-0.2, -0.15) is 13.2 Å². The molecule has 0 bridgehead atoms. The number of benzene rings is 1. The molecule has 6 nitrogen and oxygen atoms in total. The molecule has 148 valence electrons. The zero-order valence-corrected chi connectivity index (χ0v) is 16.5. The van der Waals surface area contributed by atoms with Crippen LogP contribution in [0, 0.1) is 5.82 Å². The van der Waals surface area contributed by atoms with E-state index in [1.807, 2.05) is 4.98 Å². The molecule has 27 heavy (non-hydrogen) atoms. The first kappa shape index (κ1) is 21.4. The molecule has 0 saturated heterocycles. The molecular formula is C15H13BrF4N2O4S. The molecule has 0 unspecified atom stereocenters. The maximum Gasteiger partial charge on any atom is 0.433 e. The highest BCUT2D eigenvalue weighted by atomic mass is 79.9. The quantitative estimate of drug-likeness (QED) is 0.537. The van der Waals surface area contributed by atoms with Gasteiger partial charge in [0.05, 0.1) is 22.1 Å². The van der Waals surface area contributed by atoms with Crippen LogP contribution in [-0.2, 0) is 20.8 Å². The van der Waals surface area contributed by atoms with E-state index in [0.717, 1.165) is 12.3 Å². The average Bonchev–Trinajstić information content (AvgIpc) is 2.87. The van der Waals surface area contributed by atoms with Crippen molar-refractivity contribution in [1.82, 2.24) is 9.97 Å². The van der Waals surface area contributed by atoms with Crippen LogP contribution in [0.2, 0.25) is 0 Å². The van der Waals surface area contributed by atoms with Gasteiger partial charge >= 0.3 is 12.1 Å². The molecule has 12 heteroatoms. The predicted octanol–water partition coefficient (Wildman–Crippen LogP) is 3.97. The standard InChI is InChI=1S/C15H13BrF4N2O4S/c1-6(2)26-14(23)8-4-7(9(17)5-10(8)27(3,24)25)13-21-11(12(16)22-13)15(18,19)20/h4-6H,1-3H3,(H,21,22). The summed E-state index contributed by atoms with van der Waals surface area (Å²) in [5.41, 5.74) is -2.28. The Morgan fingerprint density at radius 1 is 1.30 bits per heavy atom. The summed E-state index contributed by atoms with van der Waals surface area (Å²) in [5.74, 6) is -2.77. The number of esters is 1. The average molecular weight is 473 g/mol. The molecule has 2 rings (SSSR count). The molecule has 0 fully saturated rings. The monoisotopic (exact) mass is 472 g/mol. The lowest BCUT2D eigenvalue weighted by Gasteiger charge is -2.12. The predicted molar refractivity (Wildman–Crippen MR) is 90.3 cm³/mol. The summed E-state index contributed by atoms with van der Waals surface area (Å²) >= 11 is 2.63. The Labute approximate surface area is 160 Å². The molecule has 0 amide bonds. The number of sulfone groups is 1. The van der Waals surface area contributed by atoms with Gasteiger partial charge in [-0.1, -0.05) is 0 Å². The molecule has 0 aliphatic carbocycles. The van der Waals surface area contributed by atoms with Crippen LogP contribution in [-0.4, -0.2) is 36.7 Å². The number of H-pyrrole nitrogens is 1. The lowest BCUT2D eigenvalue weighted by Crippen LogP contribution is -2.16. The van der Waals surface area contributed by atoms with Crippen molar-refractivity contribution in [3.8, 4) is 11.4 Å². The molecule has 0 radical (unpaired) electrons. The van der Waals surface area contributed by atoms with E-state index >= 15 is 0 Å². The first-order valence-electron chi connectivity index (χ1n) is 7.29. The Morgan fingerprint density at radius 2 is 1.89 bits per heavy atom. The molecule has 0 aliphatic heterocycles. The second kappa shape index (κ2) is 7.23. The van der Waals surface area contributed by atoms with Crippen LogP contribution in [0.3, 0.4) is 0 Å². The lowest BCUT2D eigenvalue weighted by molar-refractivity contribution is -0.141. The number of aromatic nitrogens is 2. The third-order valence-corrected chi connectivity index (χ3v) is 4.94. The van der Waals surface area contributed by atoms with Gasteiger partial charge in [0, 0.05) is 6.26 Å². The number of carbonyl (C=O) groups excluding carboxylic acids is 1. The molecule has 0 aliphatic rings. The maximum atomic E-state index is 14.4. The van der Waals surface area contributed by atoms with Crippen LogP contribution in [0.4, 0.5) is 17.6 Å². The van der Waals surface area contributed by atoms with E-state index in [9.17, 15) is 30.8 Å². The Morgan fingerprint density at radius 3 is 2.33 bits per heavy atom. The SMILES string of the molecule is CC(C)OC(=O)c1cc(-c2nc(Br)c(C(F)(F)F)[nH]2)c(F)cc1S(C)(=O)=O. The number of alkyl halides is 3. The van der Waals surface area contributed by atoms with Gasteiger partial charge in [-0.15, -0.1) is 0 Å². The Balaban J connectivity index is 2.71. The van der Waals surface area contributed by atoms with Crippen LogP contribution in [0.1, 0.15) is 29.9 Å². The minimum atomic E-state index is -4.79. The Hall–Kier alpha value is -1.95. The summed E-state index contributed by atoms with van der Waals surface area (Å²) in [6.45, 7) is 3.03. The number of imidazole rings is 1. The van der Waals surface area contributed by atoms with Crippen LogP contribution in [0.25, 0.3) is 11.4 Å². The zero-order chi connectivity index (χ0) is 20.7. The van der Waals surface area contributed by atoms with Crippen LogP contribution in [0.15, 0.2) is 21.6 Å². The van der Waals surface area contributed by atoms with Gasteiger partial charge in [-0.25, -0.2) is 22.6 Å². The molecule has 1 aromatic heterocycles. The van der Waals surface area contributed by atoms with Gasteiger partial charge in [0.25, 0.3) is 0 Å². The summed E-state index contributed by atoms with van der Waals surface area (Å²) in [6.07, 6.45) is -4.63. The number of halogens is 5. The lowest BCUT2D eigenvalue weighted by atomic mass is 10.1. The van der Waals surface area contributed by atoms with Crippen molar-refractivity contribution in [1.29, 1.82) is 0 Å². The number of nitrogens with one attached hydrogen (secondary N) is 1. The smallest absolute Gasteiger partial charge is 0.433 e. The van der Waals surface area contributed by atoms with E-state index in [2.05, 4.69) is 20.9 Å². The van der Waals surface area contributed by atoms with E-state index in [1.54, 1.807) is 0 Å². The summed E-state index contributed by atoms with van der Waals surface area (Å²) in [4.78, 5) is 17.1. The van der Waals surface area contributed by atoms with Gasteiger partial charge in [-0.05, 0) is 41.9 Å². The van der Waals surface area contributed by atoms with Crippen molar-refractivity contribution < 1.29 is 35.5 Å². The second-order valence-corrected chi connectivity index (χ2v) is 8.54. The highest BCUT2D eigenvalue weighted by Gasteiger charge is 2.37. The largest absolute Gasteiger partial charge is 0.459 e. The molecule has 2 aromatic rings. The second-order valence-electron chi connectivity index (χ2n) is 5.80. The normalized spacial score (nSPS) is 12.5. The van der Waals surface area contributed by atoms with Crippen molar-refractivity contribution in [2.24, 2.45) is 0 Å². The van der Waals surface area contributed by atoms with Gasteiger partial charge in [0.15, 0.2) is 15.5 Å². The molecule has 1 aromatic carbocycles. The number of rotatable bonds is 4. The van der Waals surface area contributed by atoms with Crippen LogP contribution >= 0.6 is 15.9 Å². The molecule has 0 spiro atoms. The fourth-order valence-corrected chi connectivity index (χ4v) is 3.51. The summed E-state index contributed by atoms with van der Waals surface area (Å²) < 4.78 is 81.2. The molecule has 0 saturated carbocycles. The summed E-state index contributed by atoms with van der Waals surface area (Å²) in [7, 11) is -4.02. The summed E-state index contributed by atoms with van der Waals surface area (Å²) in [5, 5.41) is 0. The van der Waals surface area contributed by atoms with E-state index in [1.165, 1.54) is 13.8 Å². The van der Waals surface area contributed by atoms with Crippen molar-refractivity contribution in [3.05, 3.63) is 33.8 Å². The van der Waals surface area contributed by atoms with E-state index < -0.39 is 66.0 Å². The number of hydrogen-bond acceptors (Lipinski definition) is 5. The summed E-state index contributed by atoms with van der Waals surface area (Å²) in [6, 6.07) is 1.34. The molecular weight excluding hydrogens is 460 g/mol. The number of hydrogen-bond donors (Lipinski definition) is 1. The highest BCUT2D eigenvalue weighted by molar-refractivity contribution is 9.10. The van der Waals surface area contributed by atoms with Gasteiger partial charge in [-0.3, -0.25) is 0 Å². The number of aromatic amines is 1.